The minimum absolute atomic E-state index is 0.293. The molecule has 0 saturated heterocycles. The van der Waals surface area contributed by atoms with Gasteiger partial charge in [-0.05, 0) is 47.5 Å². The predicted octanol–water partition coefficient (Wildman–Crippen LogP) is 2.06. The molecule has 0 aliphatic carbocycles. The molecule has 0 radical (unpaired) electrons. The SMILES string of the molecule is NC(N)=NC(=O)c1cccc(C2=CCOc3ccc(F)cc32)c1. The van der Waals surface area contributed by atoms with E-state index in [0.717, 1.165) is 11.1 Å². The largest absolute Gasteiger partial charge is 0.489 e. The molecule has 0 unspecified atom stereocenters. The average Bonchev–Trinajstić information content (AvgIpc) is 2.53. The van der Waals surface area contributed by atoms with Crippen LogP contribution in [-0.2, 0) is 0 Å². The number of hydrogen-bond donors (Lipinski definition) is 2. The summed E-state index contributed by atoms with van der Waals surface area (Å²) >= 11 is 0. The molecule has 2 aromatic carbocycles. The van der Waals surface area contributed by atoms with Crippen LogP contribution in [0.4, 0.5) is 4.39 Å². The lowest BCUT2D eigenvalue weighted by Crippen LogP contribution is -2.24. The van der Waals surface area contributed by atoms with Crippen molar-refractivity contribution in [1.29, 1.82) is 0 Å². The average molecular weight is 311 g/mol. The highest BCUT2D eigenvalue weighted by Crippen LogP contribution is 2.34. The molecule has 116 valence electrons. The third kappa shape index (κ3) is 3.06. The molecule has 5 nitrogen and oxygen atoms in total. The Hall–Kier alpha value is -3.15. The number of ether oxygens (including phenoxy) is 1. The first-order valence-corrected chi connectivity index (χ1v) is 6.92. The van der Waals surface area contributed by atoms with Crippen LogP contribution >= 0.6 is 0 Å². The van der Waals surface area contributed by atoms with E-state index in [1.807, 2.05) is 12.1 Å². The minimum Gasteiger partial charge on any atom is -0.489 e. The van der Waals surface area contributed by atoms with Gasteiger partial charge in [-0.25, -0.2) is 4.39 Å². The van der Waals surface area contributed by atoms with E-state index in [0.29, 0.717) is 23.5 Å². The number of fused-ring (bicyclic) bond motifs is 1. The maximum absolute atomic E-state index is 13.6. The fourth-order valence-electron chi connectivity index (χ4n) is 2.44. The van der Waals surface area contributed by atoms with E-state index in [9.17, 15) is 9.18 Å². The molecule has 6 heteroatoms. The number of carbonyl (C=O) groups is 1. The van der Waals surface area contributed by atoms with Crippen molar-refractivity contribution < 1.29 is 13.9 Å². The van der Waals surface area contributed by atoms with E-state index < -0.39 is 5.91 Å². The number of nitrogens with two attached hydrogens (primary N) is 2. The molecule has 2 aromatic rings. The maximum atomic E-state index is 13.6. The van der Waals surface area contributed by atoms with Crippen LogP contribution in [0, 0.1) is 5.82 Å². The Morgan fingerprint density at radius 1 is 1.17 bits per heavy atom. The molecule has 1 heterocycles. The van der Waals surface area contributed by atoms with Crippen LogP contribution in [0.2, 0.25) is 0 Å². The topological polar surface area (TPSA) is 90.7 Å². The lowest BCUT2D eigenvalue weighted by Gasteiger charge is -2.19. The van der Waals surface area contributed by atoms with Crippen LogP contribution in [0.25, 0.3) is 5.57 Å². The van der Waals surface area contributed by atoms with Gasteiger partial charge in [0, 0.05) is 11.1 Å². The second-order valence-corrected chi connectivity index (χ2v) is 4.99. The van der Waals surface area contributed by atoms with Gasteiger partial charge < -0.3 is 16.2 Å². The van der Waals surface area contributed by atoms with Crippen molar-refractivity contribution in [3.8, 4) is 5.75 Å². The Morgan fingerprint density at radius 2 is 2.00 bits per heavy atom. The number of rotatable bonds is 2. The van der Waals surface area contributed by atoms with Gasteiger partial charge >= 0.3 is 0 Å². The third-order valence-corrected chi connectivity index (χ3v) is 3.41. The molecule has 0 fully saturated rings. The third-order valence-electron chi connectivity index (χ3n) is 3.41. The molecule has 4 N–H and O–H groups in total. The quantitative estimate of drug-likeness (QED) is 0.656. The van der Waals surface area contributed by atoms with Crippen LogP contribution in [-0.4, -0.2) is 18.5 Å². The van der Waals surface area contributed by atoms with Crippen LogP contribution < -0.4 is 16.2 Å². The molecule has 0 atom stereocenters. The molecule has 1 aliphatic heterocycles. The zero-order valence-corrected chi connectivity index (χ0v) is 12.1. The van der Waals surface area contributed by atoms with Crippen LogP contribution in [0.15, 0.2) is 53.5 Å². The number of hydrogen-bond acceptors (Lipinski definition) is 2. The van der Waals surface area contributed by atoms with Crippen LogP contribution in [0.3, 0.4) is 0 Å². The van der Waals surface area contributed by atoms with Gasteiger partial charge in [-0.1, -0.05) is 12.1 Å². The van der Waals surface area contributed by atoms with Crippen LogP contribution in [0.1, 0.15) is 21.5 Å². The number of benzene rings is 2. The summed E-state index contributed by atoms with van der Waals surface area (Å²) in [5.74, 6) is -0.574. The molecule has 23 heavy (non-hydrogen) atoms. The Morgan fingerprint density at radius 3 is 2.78 bits per heavy atom. The summed E-state index contributed by atoms with van der Waals surface area (Å²) in [6, 6.07) is 11.2. The van der Waals surface area contributed by atoms with Gasteiger partial charge in [-0.2, -0.15) is 4.99 Å². The molecule has 3 rings (SSSR count). The normalized spacial score (nSPS) is 12.7. The summed E-state index contributed by atoms with van der Waals surface area (Å²) in [4.78, 5) is 15.5. The Kier molecular flexibility index (Phi) is 3.80. The van der Waals surface area contributed by atoms with E-state index in [2.05, 4.69) is 4.99 Å². The molecular weight excluding hydrogens is 297 g/mol. The smallest absolute Gasteiger partial charge is 0.280 e. The number of guanidine groups is 1. The van der Waals surface area contributed by atoms with Crippen molar-refractivity contribution in [1.82, 2.24) is 0 Å². The molecular formula is C17H14FN3O2. The van der Waals surface area contributed by atoms with E-state index in [1.165, 1.54) is 12.1 Å². The summed E-state index contributed by atoms with van der Waals surface area (Å²) in [7, 11) is 0. The fourth-order valence-corrected chi connectivity index (χ4v) is 2.44. The summed E-state index contributed by atoms with van der Waals surface area (Å²) in [6.45, 7) is 0.375. The Labute approximate surface area is 132 Å². The van der Waals surface area contributed by atoms with Crippen molar-refractivity contribution in [2.45, 2.75) is 0 Å². The first-order chi connectivity index (χ1) is 11.0. The molecule has 0 aromatic heterocycles. The highest BCUT2D eigenvalue weighted by atomic mass is 19.1. The number of amides is 1. The van der Waals surface area contributed by atoms with Crippen molar-refractivity contribution in [3.05, 3.63) is 71.0 Å². The highest BCUT2D eigenvalue weighted by Gasteiger charge is 2.17. The highest BCUT2D eigenvalue weighted by molar-refractivity contribution is 6.02. The first kappa shape index (κ1) is 14.8. The fraction of sp³-hybridized carbons (Fsp3) is 0.0588. The van der Waals surface area contributed by atoms with Crippen molar-refractivity contribution in [2.75, 3.05) is 6.61 Å². The summed E-state index contributed by atoms with van der Waals surface area (Å²) in [5.41, 5.74) is 13.0. The van der Waals surface area contributed by atoms with Crippen molar-refractivity contribution >= 4 is 17.4 Å². The Balaban J connectivity index is 2.04. The summed E-state index contributed by atoms with van der Waals surface area (Å²) in [6.07, 6.45) is 1.84. The van der Waals surface area contributed by atoms with Gasteiger partial charge in [-0.15, -0.1) is 0 Å². The second-order valence-electron chi connectivity index (χ2n) is 4.99. The van der Waals surface area contributed by atoms with Gasteiger partial charge in [-0.3, -0.25) is 4.79 Å². The van der Waals surface area contributed by atoms with Gasteiger partial charge in [0.2, 0.25) is 0 Å². The van der Waals surface area contributed by atoms with Gasteiger partial charge in [0.25, 0.3) is 5.91 Å². The first-order valence-electron chi connectivity index (χ1n) is 6.92. The molecule has 0 spiro atoms. The molecule has 0 saturated carbocycles. The Bertz CT molecular complexity index is 839. The zero-order valence-electron chi connectivity index (χ0n) is 12.1. The standard InChI is InChI=1S/C17H14FN3O2/c18-12-4-5-15-14(9-12)13(6-7-23-15)10-2-1-3-11(8-10)16(22)21-17(19)20/h1-6,8-9H,7H2,(H4,19,20,21,22). The number of carbonyl (C=O) groups excluding carboxylic acids is 1. The monoisotopic (exact) mass is 311 g/mol. The van der Waals surface area contributed by atoms with E-state index >= 15 is 0 Å². The predicted molar refractivity (Wildman–Crippen MR) is 85.6 cm³/mol. The maximum Gasteiger partial charge on any atom is 0.280 e. The minimum atomic E-state index is -0.529. The summed E-state index contributed by atoms with van der Waals surface area (Å²) < 4.78 is 19.0. The zero-order chi connectivity index (χ0) is 16.4. The van der Waals surface area contributed by atoms with Gasteiger partial charge in [0.05, 0.1) is 0 Å². The van der Waals surface area contributed by atoms with E-state index in [4.69, 9.17) is 16.2 Å². The second kappa shape index (κ2) is 5.92. The molecule has 1 amide bonds. The van der Waals surface area contributed by atoms with Gasteiger partial charge in [0.15, 0.2) is 5.96 Å². The van der Waals surface area contributed by atoms with E-state index in [-0.39, 0.29) is 11.8 Å². The number of nitrogens with zero attached hydrogens (tertiary/aromatic N) is 1. The lowest BCUT2D eigenvalue weighted by molar-refractivity contribution is 0.100. The van der Waals surface area contributed by atoms with Gasteiger partial charge in [0.1, 0.15) is 18.2 Å². The lowest BCUT2D eigenvalue weighted by atomic mass is 9.94. The number of halogens is 1. The molecule has 1 aliphatic rings. The van der Waals surface area contributed by atoms with Crippen molar-refractivity contribution in [2.24, 2.45) is 16.5 Å². The van der Waals surface area contributed by atoms with Crippen LogP contribution in [0.5, 0.6) is 5.75 Å². The number of aliphatic imine (C=N–C) groups is 1. The molecule has 0 bridgehead atoms. The van der Waals surface area contributed by atoms with E-state index in [1.54, 1.807) is 24.3 Å². The van der Waals surface area contributed by atoms with Crippen molar-refractivity contribution in [3.63, 3.8) is 0 Å². The summed E-state index contributed by atoms with van der Waals surface area (Å²) in [5, 5.41) is 0.